The summed E-state index contributed by atoms with van der Waals surface area (Å²) in [4.78, 5) is 1.30. The largest absolute Gasteiger partial charge is 0.148 e. The number of allylic oxidation sites excluding steroid dienone is 3. The molecule has 0 saturated heterocycles. The van der Waals surface area contributed by atoms with E-state index in [0.717, 1.165) is 6.42 Å². The molecule has 0 aromatic rings. The van der Waals surface area contributed by atoms with Gasteiger partial charge in [-0.2, -0.15) is 0 Å². The van der Waals surface area contributed by atoms with Crippen LogP contribution in [-0.2, 0) is 0 Å². The summed E-state index contributed by atoms with van der Waals surface area (Å²) in [5.41, 5.74) is 1.49. The lowest BCUT2D eigenvalue weighted by Gasteiger charge is -1.95. The van der Waals surface area contributed by atoms with Crippen LogP contribution in [0.25, 0.3) is 0 Å². The Hall–Kier alpha value is -0.170. The highest BCUT2D eigenvalue weighted by Gasteiger charge is 2.08. The minimum absolute atomic E-state index is 1.04. The Morgan fingerprint density at radius 1 is 1.56 bits per heavy atom. The van der Waals surface area contributed by atoms with E-state index in [-0.39, 0.29) is 0 Å². The summed E-state index contributed by atoms with van der Waals surface area (Å²) in [7, 11) is 0. The Morgan fingerprint density at radius 3 is 2.78 bits per heavy atom. The first-order valence-corrected chi connectivity index (χ1v) is 3.80. The average Bonchev–Trinajstić information content (AvgIpc) is 2.18. The van der Waals surface area contributed by atoms with Crippen LogP contribution in [0.2, 0.25) is 0 Å². The van der Waals surface area contributed by atoms with Crippen molar-refractivity contribution in [2.24, 2.45) is 0 Å². The predicted octanol–water partition coefficient (Wildman–Crippen LogP) is 2.93. The molecule has 0 atom stereocenters. The second kappa shape index (κ2) is 3.11. The fourth-order valence-electron chi connectivity index (χ4n) is 1.18. The molecule has 0 aromatic carbocycles. The molecule has 0 N–H and O–H groups in total. The van der Waals surface area contributed by atoms with Crippen LogP contribution in [0.15, 0.2) is 23.1 Å². The lowest BCUT2D eigenvalue weighted by atomic mass is 10.2. The molecule has 1 rings (SSSR count). The second-order valence-electron chi connectivity index (χ2n) is 2.40. The third-order valence-corrected chi connectivity index (χ3v) is 2.23. The van der Waals surface area contributed by atoms with Crippen LogP contribution in [0, 0.1) is 0 Å². The maximum absolute atomic E-state index is 4.35. The summed E-state index contributed by atoms with van der Waals surface area (Å²) in [5.74, 6) is 0. The Morgan fingerprint density at radius 2 is 2.33 bits per heavy atom. The molecule has 0 spiro atoms. The monoisotopic (exact) mass is 140 g/mol. The molecule has 9 heavy (non-hydrogen) atoms. The molecular formula is C8H12S. The molecule has 0 amide bonds. The molecule has 0 aliphatic heterocycles. The van der Waals surface area contributed by atoms with Gasteiger partial charge in [0.1, 0.15) is 0 Å². The third-order valence-electron chi connectivity index (χ3n) is 1.69. The third kappa shape index (κ3) is 1.62. The van der Waals surface area contributed by atoms with Gasteiger partial charge in [0.2, 0.25) is 0 Å². The molecule has 0 heterocycles. The van der Waals surface area contributed by atoms with Crippen molar-refractivity contribution in [1.82, 2.24) is 0 Å². The van der Waals surface area contributed by atoms with Gasteiger partial charge in [-0.25, -0.2) is 0 Å². The normalized spacial score (nSPS) is 18.8. The lowest BCUT2D eigenvalue weighted by molar-refractivity contribution is 0.892. The first-order valence-electron chi connectivity index (χ1n) is 3.35. The molecule has 0 aromatic heterocycles. The highest BCUT2D eigenvalue weighted by molar-refractivity contribution is 7.84. The maximum atomic E-state index is 4.35. The van der Waals surface area contributed by atoms with Crippen molar-refractivity contribution in [2.75, 3.05) is 0 Å². The number of thiol groups is 1. The summed E-state index contributed by atoms with van der Waals surface area (Å²) in [5, 5.41) is 0. The van der Waals surface area contributed by atoms with Crippen molar-refractivity contribution >= 4 is 12.6 Å². The van der Waals surface area contributed by atoms with E-state index < -0.39 is 0 Å². The van der Waals surface area contributed by atoms with Gasteiger partial charge in [-0.1, -0.05) is 11.6 Å². The fraction of sp³-hybridized carbons (Fsp3) is 0.500. The van der Waals surface area contributed by atoms with Crippen LogP contribution in [0.4, 0.5) is 0 Å². The summed E-state index contributed by atoms with van der Waals surface area (Å²) in [6, 6.07) is 0. The van der Waals surface area contributed by atoms with Crippen LogP contribution in [0.5, 0.6) is 0 Å². The molecule has 1 aliphatic carbocycles. The van der Waals surface area contributed by atoms with Crippen LogP contribution in [-0.4, -0.2) is 0 Å². The zero-order valence-corrected chi connectivity index (χ0v) is 6.45. The van der Waals surface area contributed by atoms with Crippen molar-refractivity contribution in [1.29, 1.82) is 0 Å². The Bertz CT molecular complexity index is 145. The van der Waals surface area contributed by atoms with Crippen molar-refractivity contribution in [2.45, 2.75) is 25.7 Å². The van der Waals surface area contributed by atoms with Crippen LogP contribution < -0.4 is 0 Å². The highest BCUT2D eigenvalue weighted by Crippen LogP contribution is 2.30. The summed E-state index contributed by atoms with van der Waals surface area (Å²) < 4.78 is 0. The molecule has 1 aliphatic rings. The van der Waals surface area contributed by atoms with E-state index in [9.17, 15) is 0 Å². The first kappa shape index (κ1) is 6.94. The molecular weight excluding hydrogens is 128 g/mol. The number of hydrogen-bond donors (Lipinski definition) is 1. The topological polar surface area (TPSA) is 0 Å². The van der Waals surface area contributed by atoms with Crippen molar-refractivity contribution in [3.8, 4) is 0 Å². The van der Waals surface area contributed by atoms with Gasteiger partial charge in [0.05, 0.1) is 0 Å². The van der Waals surface area contributed by atoms with Crippen LogP contribution in [0.3, 0.4) is 0 Å². The van der Waals surface area contributed by atoms with Gasteiger partial charge in [0.15, 0.2) is 0 Å². The highest BCUT2D eigenvalue weighted by atomic mass is 32.1. The van der Waals surface area contributed by atoms with E-state index in [1.54, 1.807) is 0 Å². The Kier molecular flexibility index (Phi) is 2.40. The molecule has 0 fully saturated rings. The van der Waals surface area contributed by atoms with E-state index in [2.05, 4.69) is 19.2 Å². The van der Waals surface area contributed by atoms with Gasteiger partial charge in [-0.15, -0.1) is 19.2 Å². The molecule has 0 saturated carbocycles. The standard InChI is InChI=1S/C8H12S/c1-2-4-7-5-3-6-8(7)9/h2,9H,1,3-6H2. The Labute approximate surface area is 62.1 Å². The minimum Gasteiger partial charge on any atom is -0.148 e. The fourth-order valence-corrected chi connectivity index (χ4v) is 1.55. The zero-order chi connectivity index (χ0) is 6.69. The van der Waals surface area contributed by atoms with Gasteiger partial charge in [-0.05, 0) is 30.6 Å². The van der Waals surface area contributed by atoms with Gasteiger partial charge in [0.25, 0.3) is 0 Å². The summed E-state index contributed by atoms with van der Waals surface area (Å²) in [6.45, 7) is 3.69. The molecule has 0 bridgehead atoms. The van der Waals surface area contributed by atoms with Crippen LogP contribution >= 0.6 is 12.6 Å². The van der Waals surface area contributed by atoms with E-state index >= 15 is 0 Å². The van der Waals surface area contributed by atoms with Crippen molar-refractivity contribution in [3.63, 3.8) is 0 Å². The molecule has 50 valence electrons. The summed E-state index contributed by atoms with van der Waals surface area (Å²) in [6.07, 6.45) is 6.72. The van der Waals surface area contributed by atoms with Gasteiger partial charge < -0.3 is 0 Å². The minimum atomic E-state index is 1.04. The van der Waals surface area contributed by atoms with Crippen molar-refractivity contribution in [3.05, 3.63) is 23.1 Å². The average molecular weight is 140 g/mol. The summed E-state index contributed by atoms with van der Waals surface area (Å²) >= 11 is 4.35. The first-order chi connectivity index (χ1) is 4.34. The molecule has 0 unspecified atom stereocenters. The van der Waals surface area contributed by atoms with E-state index in [1.165, 1.54) is 29.7 Å². The second-order valence-corrected chi connectivity index (χ2v) is 2.94. The van der Waals surface area contributed by atoms with Crippen LogP contribution in [0.1, 0.15) is 25.7 Å². The SMILES string of the molecule is C=CCC1=C(S)CCC1. The van der Waals surface area contributed by atoms with Crippen molar-refractivity contribution < 1.29 is 0 Å². The predicted molar refractivity (Wildman–Crippen MR) is 44.7 cm³/mol. The number of rotatable bonds is 2. The molecule has 1 heteroatoms. The van der Waals surface area contributed by atoms with Gasteiger partial charge in [-0.3, -0.25) is 0 Å². The quantitative estimate of drug-likeness (QED) is 0.442. The van der Waals surface area contributed by atoms with E-state index in [0.29, 0.717) is 0 Å². The maximum Gasteiger partial charge on any atom is -0.0131 e. The molecule has 0 radical (unpaired) electrons. The van der Waals surface area contributed by atoms with E-state index in [1.807, 2.05) is 6.08 Å². The lowest BCUT2D eigenvalue weighted by Crippen LogP contribution is -1.73. The number of hydrogen-bond acceptors (Lipinski definition) is 1. The van der Waals surface area contributed by atoms with Gasteiger partial charge in [0, 0.05) is 0 Å². The zero-order valence-electron chi connectivity index (χ0n) is 5.56. The van der Waals surface area contributed by atoms with Gasteiger partial charge >= 0.3 is 0 Å². The van der Waals surface area contributed by atoms with E-state index in [4.69, 9.17) is 0 Å². The molecule has 0 nitrogen and oxygen atoms in total. The Balaban J connectivity index is 2.54. The smallest absolute Gasteiger partial charge is 0.0131 e.